The highest BCUT2D eigenvalue weighted by Gasteiger charge is 2.45. The van der Waals surface area contributed by atoms with Gasteiger partial charge in [-0.05, 0) is 33.1 Å². The Hall–Kier alpha value is -1.12. The molecular weight excluding hydrogens is 202 g/mol. The van der Waals surface area contributed by atoms with Crippen molar-refractivity contribution in [1.29, 1.82) is 0 Å². The van der Waals surface area contributed by atoms with Gasteiger partial charge < -0.3 is 0 Å². The van der Waals surface area contributed by atoms with E-state index in [0.717, 1.165) is 0 Å². The molecule has 3 heteroatoms. The number of nitrogens with zero attached hydrogens (tertiary/aromatic N) is 1. The molecule has 1 rings (SSSR count). The number of hydrogen-bond donors (Lipinski definition) is 0. The van der Waals surface area contributed by atoms with Crippen LogP contribution in [0.2, 0.25) is 0 Å². The second kappa shape index (κ2) is 3.44. The Morgan fingerprint density at radius 1 is 0.875 bits per heavy atom. The first-order valence-corrected chi connectivity index (χ1v) is 5.58. The number of carbonyl (C=O) groups is 2. The fourth-order valence-electron chi connectivity index (χ4n) is 2.13. The van der Waals surface area contributed by atoms with Crippen LogP contribution in [-0.4, -0.2) is 22.3 Å². The highest BCUT2D eigenvalue weighted by molar-refractivity contribution is 6.20. The van der Waals surface area contributed by atoms with E-state index in [-0.39, 0.29) is 17.2 Å². The minimum Gasteiger partial charge on any atom is -0.270 e. The van der Waals surface area contributed by atoms with Crippen LogP contribution in [0.15, 0.2) is 11.1 Å². The largest absolute Gasteiger partial charge is 0.270 e. The average molecular weight is 223 g/mol. The maximum atomic E-state index is 12.3. The maximum absolute atomic E-state index is 12.3. The number of imide groups is 1. The highest BCUT2D eigenvalue weighted by Crippen LogP contribution is 2.37. The molecule has 0 atom stereocenters. The lowest BCUT2D eigenvalue weighted by Crippen LogP contribution is -2.46. The van der Waals surface area contributed by atoms with Gasteiger partial charge in [-0.3, -0.25) is 14.5 Å². The van der Waals surface area contributed by atoms with Gasteiger partial charge in [0.05, 0.1) is 0 Å². The lowest BCUT2D eigenvalue weighted by atomic mass is 9.84. The molecule has 0 saturated heterocycles. The minimum atomic E-state index is -0.456. The molecule has 0 aromatic heterocycles. The summed E-state index contributed by atoms with van der Waals surface area (Å²) in [6.45, 7) is 13.3. The molecule has 1 aliphatic rings. The topological polar surface area (TPSA) is 37.4 Å². The summed E-state index contributed by atoms with van der Waals surface area (Å²) in [4.78, 5) is 25.7. The van der Waals surface area contributed by atoms with Gasteiger partial charge in [0, 0.05) is 16.7 Å². The van der Waals surface area contributed by atoms with Crippen LogP contribution in [0, 0.1) is 5.41 Å². The zero-order valence-corrected chi connectivity index (χ0v) is 11.3. The van der Waals surface area contributed by atoms with Crippen molar-refractivity contribution in [1.82, 2.24) is 4.90 Å². The Kier molecular flexibility index (Phi) is 2.78. The van der Waals surface area contributed by atoms with Gasteiger partial charge >= 0.3 is 0 Å². The van der Waals surface area contributed by atoms with Crippen LogP contribution in [-0.2, 0) is 9.59 Å². The van der Waals surface area contributed by atoms with Crippen molar-refractivity contribution in [3.63, 3.8) is 0 Å². The van der Waals surface area contributed by atoms with Crippen LogP contribution in [0.25, 0.3) is 0 Å². The first-order chi connectivity index (χ1) is 6.98. The number of hydrogen-bond acceptors (Lipinski definition) is 2. The summed E-state index contributed by atoms with van der Waals surface area (Å²) >= 11 is 0. The van der Waals surface area contributed by atoms with Gasteiger partial charge in [0.25, 0.3) is 11.8 Å². The third-order valence-corrected chi connectivity index (χ3v) is 2.74. The van der Waals surface area contributed by atoms with Gasteiger partial charge in [-0.2, -0.15) is 0 Å². The van der Waals surface area contributed by atoms with Gasteiger partial charge in [0.2, 0.25) is 0 Å². The molecule has 0 spiro atoms. The summed E-state index contributed by atoms with van der Waals surface area (Å²) in [7, 11) is 0. The second-order valence-electron chi connectivity index (χ2n) is 6.37. The molecule has 0 unspecified atom stereocenters. The Labute approximate surface area is 97.5 Å². The summed E-state index contributed by atoms with van der Waals surface area (Å²) < 4.78 is 0. The van der Waals surface area contributed by atoms with Crippen LogP contribution >= 0.6 is 0 Å². The molecule has 0 fully saturated rings. The molecule has 16 heavy (non-hydrogen) atoms. The van der Waals surface area contributed by atoms with E-state index in [1.807, 2.05) is 41.5 Å². The lowest BCUT2D eigenvalue weighted by molar-refractivity contribution is -0.143. The summed E-state index contributed by atoms with van der Waals surface area (Å²) in [6.07, 6.45) is 0. The van der Waals surface area contributed by atoms with Crippen molar-refractivity contribution in [2.75, 3.05) is 0 Å². The van der Waals surface area contributed by atoms with Gasteiger partial charge in [-0.1, -0.05) is 20.8 Å². The number of amides is 2. The molecule has 3 nitrogen and oxygen atoms in total. The summed E-state index contributed by atoms with van der Waals surface area (Å²) in [5.74, 6) is -0.287. The highest BCUT2D eigenvalue weighted by atomic mass is 16.2. The SMILES string of the molecule is CC1=C(C(C)(C)C)C(=O)N(C(C)(C)C)C1=O. The third-order valence-electron chi connectivity index (χ3n) is 2.74. The lowest BCUT2D eigenvalue weighted by Gasteiger charge is -2.31. The molecule has 0 aliphatic carbocycles. The van der Waals surface area contributed by atoms with Crippen molar-refractivity contribution in [3.8, 4) is 0 Å². The fraction of sp³-hybridized carbons (Fsp3) is 0.692. The molecular formula is C13H21NO2. The summed E-state index contributed by atoms with van der Waals surface area (Å²) in [5.41, 5.74) is 0.499. The molecule has 2 amide bonds. The molecule has 90 valence electrons. The zero-order valence-electron chi connectivity index (χ0n) is 11.3. The zero-order chi connectivity index (χ0) is 12.9. The van der Waals surface area contributed by atoms with E-state index in [1.165, 1.54) is 4.90 Å². The van der Waals surface area contributed by atoms with E-state index in [2.05, 4.69) is 0 Å². The predicted molar refractivity (Wildman–Crippen MR) is 63.8 cm³/mol. The predicted octanol–water partition coefficient (Wildman–Crippen LogP) is 2.52. The van der Waals surface area contributed by atoms with Gasteiger partial charge in [0.1, 0.15) is 0 Å². The minimum absolute atomic E-state index is 0.137. The fourth-order valence-corrected chi connectivity index (χ4v) is 2.13. The Balaban J connectivity index is 3.28. The van der Waals surface area contributed by atoms with E-state index in [0.29, 0.717) is 11.1 Å². The van der Waals surface area contributed by atoms with E-state index in [9.17, 15) is 9.59 Å². The number of rotatable bonds is 0. The maximum Gasteiger partial charge on any atom is 0.258 e. The van der Waals surface area contributed by atoms with Crippen molar-refractivity contribution in [2.45, 2.75) is 54.0 Å². The van der Waals surface area contributed by atoms with Crippen molar-refractivity contribution >= 4 is 11.8 Å². The van der Waals surface area contributed by atoms with E-state index in [1.54, 1.807) is 6.92 Å². The molecule has 1 aliphatic heterocycles. The molecule has 0 bridgehead atoms. The first-order valence-electron chi connectivity index (χ1n) is 5.58. The third kappa shape index (κ3) is 1.91. The second-order valence-corrected chi connectivity index (χ2v) is 6.37. The van der Waals surface area contributed by atoms with Gasteiger partial charge in [0.15, 0.2) is 0 Å². The smallest absolute Gasteiger partial charge is 0.258 e. The van der Waals surface area contributed by atoms with Crippen LogP contribution in [0.5, 0.6) is 0 Å². The van der Waals surface area contributed by atoms with E-state index in [4.69, 9.17) is 0 Å². The molecule has 0 aromatic rings. The summed E-state index contributed by atoms with van der Waals surface area (Å²) in [5, 5.41) is 0. The van der Waals surface area contributed by atoms with Crippen LogP contribution in [0.4, 0.5) is 0 Å². The average Bonchev–Trinajstić information content (AvgIpc) is 2.19. The quantitative estimate of drug-likeness (QED) is 0.592. The Morgan fingerprint density at radius 2 is 1.31 bits per heavy atom. The molecule has 1 heterocycles. The molecule has 0 aromatic carbocycles. The Bertz CT molecular complexity index is 378. The molecule has 0 N–H and O–H groups in total. The van der Waals surface area contributed by atoms with Gasteiger partial charge in [-0.25, -0.2) is 0 Å². The van der Waals surface area contributed by atoms with Crippen LogP contribution in [0.3, 0.4) is 0 Å². The Morgan fingerprint density at radius 3 is 1.50 bits per heavy atom. The van der Waals surface area contributed by atoms with Crippen LogP contribution < -0.4 is 0 Å². The van der Waals surface area contributed by atoms with Crippen molar-refractivity contribution in [2.24, 2.45) is 5.41 Å². The first kappa shape index (κ1) is 12.9. The van der Waals surface area contributed by atoms with Crippen molar-refractivity contribution in [3.05, 3.63) is 11.1 Å². The van der Waals surface area contributed by atoms with Crippen LogP contribution in [0.1, 0.15) is 48.5 Å². The van der Waals surface area contributed by atoms with Crippen molar-refractivity contribution < 1.29 is 9.59 Å². The standard InChI is InChI=1S/C13H21NO2/c1-8-9(12(2,3)4)11(16)14(10(8)15)13(5,6)7/h1-7H3. The summed E-state index contributed by atoms with van der Waals surface area (Å²) in [6, 6.07) is 0. The van der Waals surface area contributed by atoms with E-state index < -0.39 is 5.54 Å². The molecule has 0 radical (unpaired) electrons. The monoisotopic (exact) mass is 223 g/mol. The van der Waals surface area contributed by atoms with Gasteiger partial charge in [-0.15, -0.1) is 0 Å². The van der Waals surface area contributed by atoms with E-state index >= 15 is 0 Å². The number of carbonyl (C=O) groups excluding carboxylic acids is 2. The molecule has 0 saturated carbocycles. The normalized spacial score (nSPS) is 18.8.